The summed E-state index contributed by atoms with van der Waals surface area (Å²) in [5, 5.41) is 3.26. The maximum Gasteiger partial charge on any atom is 0.234 e. The molecule has 0 aromatic heterocycles. The minimum atomic E-state index is -0.369. The quantitative estimate of drug-likeness (QED) is 0.906. The van der Waals surface area contributed by atoms with Gasteiger partial charge < -0.3 is 10.2 Å². The van der Waals surface area contributed by atoms with Crippen molar-refractivity contribution < 1.29 is 9.18 Å². The Bertz CT molecular complexity index is 455. The summed E-state index contributed by atoms with van der Waals surface area (Å²) in [6, 6.07) is 6.42. The number of anilines is 1. The maximum atomic E-state index is 13.8. The van der Waals surface area contributed by atoms with Crippen LogP contribution in [0.3, 0.4) is 0 Å². The first-order valence-electron chi connectivity index (χ1n) is 6.84. The van der Waals surface area contributed by atoms with E-state index in [0.29, 0.717) is 12.2 Å². The number of halogens is 1. The molecular formula is C15H21FN2O. The number of nitrogens with zero attached hydrogens (tertiary/aromatic N) is 1. The van der Waals surface area contributed by atoms with Gasteiger partial charge in [-0.3, -0.25) is 4.79 Å². The van der Waals surface area contributed by atoms with Gasteiger partial charge in [0.25, 0.3) is 0 Å². The van der Waals surface area contributed by atoms with E-state index in [2.05, 4.69) is 12.2 Å². The predicted octanol–water partition coefficient (Wildman–Crippen LogP) is 2.57. The molecule has 1 aliphatic rings. The molecule has 0 spiro atoms. The third-order valence-electron chi connectivity index (χ3n) is 3.94. The fourth-order valence-electron chi connectivity index (χ4n) is 2.91. The molecule has 0 aliphatic carbocycles. The molecule has 1 atom stereocenters. The lowest BCUT2D eigenvalue weighted by atomic mass is 9.81. The number of benzene rings is 1. The molecule has 1 aliphatic heterocycles. The van der Waals surface area contributed by atoms with Crippen molar-refractivity contribution in [2.24, 2.45) is 5.41 Å². The van der Waals surface area contributed by atoms with E-state index < -0.39 is 0 Å². The topological polar surface area (TPSA) is 32.3 Å². The fourth-order valence-corrected chi connectivity index (χ4v) is 2.91. The molecular weight excluding hydrogens is 243 g/mol. The molecule has 1 aromatic carbocycles. The second-order valence-corrected chi connectivity index (χ2v) is 5.27. The zero-order valence-electron chi connectivity index (χ0n) is 11.6. The van der Waals surface area contributed by atoms with Crippen LogP contribution in [-0.2, 0) is 4.79 Å². The predicted molar refractivity (Wildman–Crippen MR) is 74.6 cm³/mol. The molecule has 1 unspecified atom stereocenters. The molecule has 3 nitrogen and oxygen atoms in total. The van der Waals surface area contributed by atoms with Gasteiger partial charge in [-0.2, -0.15) is 0 Å². The average Bonchev–Trinajstić information content (AvgIpc) is 2.88. The summed E-state index contributed by atoms with van der Waals surface area (Å²) in [6.45, 7) is 3.63. The van der Waals surface area contributed by atoms with Crippen LogP contribution in [0.25, 0.3) is 0 Å². The summed E-state index contributed by atoms with van der Waals surface area (Å²) in [5.41, 5.74) is -0.0129. The van der Waals surface area contributed by atoms with Gasteiger partial charge in [0.2, 0.25) is 5.91 Å². The lowest BCUT2D eigenvalue weighted by Gasteiger charge is -2.31. The summed E-state index contributed by atoms with van der Waals surface area (Å²) in [6.07, 6.45) is 2.63. The smallest absolute Gasteiger partial charge is 0.234 e. The van der Waals surface area contributed by atoms with Crippen molar-refractivity contribution in [3.05, 3.63) is 30.1 Å². The Balaban J connectivity index is 2.25. The largest absolute Gasteiger partial charge is 0.316 e. The Labute approximate surface area is 113 Å². The zero-order chi connectivity index (χ0) is 13.9. The van der Waals surface area contributed by atoms with Crippen molar-refractivity contribution in [1.29, 1.82) is 0 Å². The molecule has 1 N–H and O–H groups in total. The van der Waals surface area contributed by atoms with Crippen molar-refractivity contribution in [3.8, 4) is 0 Å². The highest BCUT2D eigenvalue weighted by Gasteiger charge is 2.42. The van der Waals surface area contributed by atoms with Crippen LogP contribution in [0.15, 0.2) is 24.3 Å². The highest BCUT2D eigenvalue weighted by Crippen LogP contribution is 2.34. The summed E-state index contributed by atoms with van der Waals surface area (Å²) >= 11 is 0. The molecule has 19 heavy (non-hydrogen) atoms. The summed E-state index contributed by atoms with van der Waals surface area (Å²) in [7, 11) is 1.66. The average molecular weight is 264 g/mol. The molecule has 1 heterocycles. The SMILES string of the molecule is CCCC1(C(=O)N(C)c2ccccc2F)CCNC1. The van der Waals surface area contributed by atoms with E-state index in [1.165, 1.54) is 11.0 Å². The molecule has 1 aromatic rings. The highest BCUT2D eigenvalue weighted by atomic mass is 19.1. The van der Waals surface area contributed by atoms with Gasteiger partial charge >= 0.3 is 0 Å². The van der Waals surface area contributed by atoms with Crippen LogP contribution >= 0.6 is 0 Å². The second-order valence-electron chi connectivity index (χ2n) is 5.27. The van der Waals surface area contributed by atoms with Crippen LogP contribution in [0.4, 0.5) is 10.1 Å². The third-order valence-corrected chi connectivity index (χ3v) is 3.94. The highest BCUT2D eigenvalue weighted by molar-refractivity contribution is 5.97. The van der Waals surface area contributed by atoms with Gasteiger partial charge in [-0.15, -0.1) is 0 Å². The lowest BCUT2D eigenvalue weighted by molar-refractivity contribution is -0.127. The van der Waals surface area contributed by atoms with Crippen molar-refractivity contribution in [2.45, 2.75) is 26.2 Å². The van der Waals surface area contributed by atoms with Crippen molar-refractivity contribution in [3.63, 3.8) is 0 Å². The number of rotatable bonds is 4. The Morgan fingerprint density at radius 1 is 1.47 bits per heavy atom. The van der Waals surface area contributed by atoms with Crippen molar-refractivity contribution >= 4 is 11.6 Å². The summed E-state index contributed by atoms with van der Waals surface area (Å²) < 4.78 is 13.8. The van der Waals surface area contributed by atoms with E-state index in [1.54, 1.807) is 25.2 Å². The first-order valence-corrected chi connectivity index (χ1v) is 6.84. The number of nitrogens with one attached hydrogen (secondary N) is 1. The number of carbonyl (C=O) groups excluding carboxylic acids is 1. The molecule has 0 radical (unpaired) electrons. The Morgan fingerprint density at radius 2 is 2.21 bits per heavy atom. The first-order chi connectivity index (χ1) is 9.10. The van der Waals surface area contributed by atoms with E-state index in [4.69, 9.17) is 0 Å². The zero-order valence-corrected chi connectivity index (χ0v) is 11.6. The summed E-state index contributed by atoms with van der Waals surface area (Å²) in [5.74, 6) is -0.333. The van der Waals surface area contributed by atoms with Crippen LogP contribution in [0.5, 0.6) is 0 Å². The van der Waals surface area contributed by atoms with E-state index >= 15 is 0 Å². The lowest BCUT2D eigenvalue weighted by Crippen LogP contribution is -2.44. The molecule has 1 fully saturated rings. The van der Waals surface area contributed by atoms with Gasteiger partial charge in [0.1, 0.15) is 5.82 Å². The third kappa shape index (κ3) is 2.63. The Hall–Kier alpha value is -1.42. The first kappa shape index (κ1) is 14.0. The fraction of sp³-hybridized carbons (Fsp3) is 0.533. The number of amides is 1. The van der Waals surface area contributed by atoms with E-state index in [-0.39, 0.29) is 17.1 Å². The standard InChI is InChI=1S/C15H21FN2O/c1-3-8-15(9-10-17-11-15)14(19)18(2)13-7-5-4-6-12(13)16/h4-7,17H,3,8-11H2,1-2H3. The molecule has 1 saturated heterocycles. The number of para-hydroxylation sites is 1. The second kappa shape index (κ2) is 5.70. The normalized spacial score (nSPS) is 22.5. The molecule has 4 heteroatoms. The van der Waals surface area contributed by atoms with Gasteiger partial charge in [0, 0.05) is 13.6 Å². The van der Waals surface area contributed by atoms with Crippen LogP contribution in [-0.4, -0.2) is 26.0 Å². The van der Waals surface area contributed by atoms with Gasteiger partial charge in [-0.25, -0.2) is 4.39 Å². The van der Waals surface area contributed by atoms with Crippen LogP contribution in [0.1, 0.15) is 26.2 Å². The summed E-state index contributed by atoms with van der Waals surface area (Å²) in [4.78, 5) is 14.2. The van der Waals surface area contributed by atoms with Crippen LogP contribution in [0, 0.1) is 11.2 Å². The van der Waals surface area contributed by atoms with E-state index in [0.717, 1.165) is 25.8 Å². The Morgan fingerprint density at radius 3 is 2.79 bits per heavy atom. The van der Waals surface area contributed by atoms with Crippen molar-refractivity contribution in [1.82, 2.24) is 5.32 Å². The van der Waals surface area contributed by atoms with Gasteiger partial charge in [0.15, 0.2) is 0 Å². The monoisotopic (exact) mass is 264 g/mol. The molecule has 2 rings (SSSR count). The number of hydrogen-bond acceptors (Lipinski definition) is 2. The van der Waals surface area contributed by atoms with Gasteiger partial charge in [-0.1, -0.05) is 25.5 Å². The molecule has 0 saturated carbocycles. The Kier molecular flexibility index (Phi) is 4.20. The number of carbonyl (C=O) groups is 1. The number of hydrogen-bond donors (Lipinski definition) is 1. The molecule has 104 valence electrons. The maximum absolute atomic E-state index is 13.8. The van der Waals surface area contributed by atoms with Crippen LogP contribution in [0.2, 0.25) is 0 Å². The van der Waals surface area contributed by atoms with Crippen molar-refractivity contribution in [2.75, 3.05) is 25.0 Å². The van der Waals surface area contributed by atoms with Crippen LogP contribution < -0.4 is 10.2 Å². The molecule has 1 amide bonds. The minimum Gasteiger partial charge on any atom is -0.316 e. The van der Waals surface area contributed by atoms with E-state index in [1.807, 2.05) is 0 Å². The molecule has 0 bridgehead atoms. The van der Waals surface area contributed by atoms with E-state index in [9.17, 15) is 9.18 Å². The minimum absolute atomic E-state index is 0.0180. The van der Waals surface area contributed by atoms with Gasteiger partial charge in [-0.05, 0) is 31.5 Å². The van der Waals surface area contributed by atoms with Gasteiger partial charge in [0.05, 0.1) is 11.1 Å².